The SMILES string of the molecule is N[C@@H]1CCOC[C@@H]1Cc1cccc(F)c1. The molecule has 0 amide bonds. The van der Waals surface area contributed by atoms with Crippen molar-refractivity contribution >= 4 is 0 Å². The molecule has 2 N–H and O–H groups in total. The average Bonchev–Trinajstić information content (AvgIpc) is 2.22. The second kappa shape index (κ2) is 4.73. The molecule has 1 aliphatic heterocycles. The lowest BCUT2D eigenvalue weighted by atomic mass is 9.90. The topological polar surface area (TPSA) is 35.2 Å². The van der Waals surface area contributed by atoms with Crippen molar-refractivity contribution in [1.29, 1.82) is 0 Å². The third-order valence-electron chi connectivity index (χ3n) is 2.92. The van der Waals surface area contributed by atoms with Crippen molar-refractivity contribution in [2.45, 2.75) is 18.9 Å². The van der Waals surface area contributed by atoms with Gasteiger partial charge in [0.2, 0.25) is 0 Å². The molecule has 0 aliphatic carbocycles. The Morgan fingerprint density at radius 2 is 2.33 bits per heavy atom. The Labute approximate surface area is 89.2 Å². The van der Waals surface area contributed by atoms with Crippen LogP contribution in [-0.4, -0.2) is 19.3 Å². The minimum absolute atomic E-state index is 0.182. The summed E-state index contributed by atoms with van der Waals surface area (Å²) in [5.41, 5.74) is 6.99. The third kappa shape index (κ3) is 2.76. The zero-order valence-electron chi connectivity index (χ0n) is 8.66. The molecule has 0 bridgehead atoms. The van der Waals surface area contributed by atoms with Gasteiger partial charge in [0.1, 0.15) is 5.82 Å². The highest BCUT2D eigenvalue weighted by Gasteiger charge is 2.22. The molecule has 0 radical (unpaired) electrons. The zero-order chi connectivity index (χ0) is 10.7. The Balaban J connectivity index is 2.01. The smallest absolute Gasteiger partial charge is 0.123 e. The van der Waals surface area contributed by atoms with E-state index in [2.05, 4.69) is 0 Å². The summed E-state index contributed by atoms with van der Waals surface area (Å²) < 4.78 is 18.3. The summed E-state index contributed by atoms with van der Waals surface area (Å²) in [4.78, 5) is 0. The summed E-state index contributed by atoms with van der Waals surface area (Å²) >= 11 is 0. The van der Waals surface area contributed by atoms with Crippen LogP contribution in [0.1, 0.15) is 12.0 Å². The van der Waals surface area contributed by atoms with E-state index in [0.29, 0.717) is 12.5 Å². The fraction of sp³-hybridized carbons (Fsp3) is 0.500. The van der Waals surface area contributed by atoms with Crippen molar-refractivity contribution in [1.82, 2.24) is 0 Å². The fourth-order valence-corrected chi connectivity index (χ4v) is 1.99. The highest BCUT2D eigenvalue weighted by atomic mass is 19.1. The van der Waals surface area contributed by atoms with Gasteiger partial charge in [-0.1, -0.05) is 12.1 Å². The van der Waals surface area contributed by atoms with E-state index < -0.39 is 0 Å². The molecule has 1 saturated heterocycles. The number of hydrogen-bond donors (Lipinski definition) is 1. The molecule has 0 aromatic heterocycles. The summed E-state index contributed by atoms with van der Waals surface area (Å²) in [7, 11) is 0. The van der Waals surface area contributed by atoms with Crippen molar-refractivity contribution in [2.75, 3.05) is 13.2 Å². The Morgan fingerprint density at radius 1 is 1.47 bits per heavy atom. The van der Waals surface area contributed by atoms with Crippen molar-refractivity contribution in [3.63, 3.8) is 0 Å². The van der Waals surface area contributed by atoms with Crippen LogP contribution in [0, 0.1) is 11.7 Å². The molecule has 1 aromatic carbocycles. The van der Waals surface area contributed by atoms with Gasteiger partial charge >= 0.3 is 0 Å². The maximum Gasteiger partial charge on any atom is 0.123 e. The standard InChI is InChI=1S/C12H16FNO/c13-11-3-1-2-9(7-11)6-10-8-15-5-4-12(10)14/h1-3,7,10,12H,4-6,8,14H2/t10-,12+/m0/s1. The predicted molar refractivity (Wildman–Crippen MR) is 57.0 cm³/mol. The van der Waals surface area contributed by atoms with Crippen molar-refractivity contribution < 1.29 is 9.13 Å². The lowest BCUT2D eigenvalue weighted by molar-refractivity contribution is 0.0422. The van der Waals surface area contributed by atoms with E-state index in [4.69, 9.17) is 10.5 Å². The Kier molecular flexibility index (Phi) is 3.34. The molecule has 2 rings (SSSR count). The van der Waals surface area contributed by atoms with E-state index in [1.54, 1.807) is 12.1 Å². The van der Waals surface area contributed by atoms with Crippen LogP contribution in [0.25, 0.3) is 0 Å². The van der Waals surface area contributed by atoms with Crippen LogP contribution in [-0.2, 0) is 11.2 Å². The third-order valence-corrected chi connectivity index (χ3v) is 2.92. The molecule has 1 fully saturated rings. The molecule has 3 heteroatoms. The molecule has 82 valence electrons. The Morgan fingerprint density at radius 3 is 3.07 bits per heavy atom. The fourth-order valence-electron chi connectivity index (χ4n) is 1.99. The van der Waals surface area contributed by atoms with Crippen LogP contribution in [0.2, 0.25) is 0 Å². The minimum atomic E-state index is -0.183. The van der Waals surface area contributed by atoms with Gasteiger partial charge in [0, 0.05) is 18.6 Å². The molecule has 2 nitrogen and oxygen atoms in total. The minimum Gasteiger partial charge on any atom is -0.381 e. The normalized spacial score (nSPS) is 26.5. The van der Waals surface area contributed by atoms with E-state index in [9.17, 15) is 4.39 Å². The van der Waals surface area contributed by atoms with E-state index in [0.717, 1.165) is 25.0 Å². The number of benzene rings is 1. The molecule has 1 aliphatic rings. The molecule has 2 atom stereocenters. The maximum absolute atomic E-state index is 13.0. The average molecular weight is 209 g/mol. The van der Waals surface area contributed by atoms with Gasteiger partial charge in [-0.3, -0.25) is 0 Å². The van der Waals surface area contributed by atoms with Crippen LogP contribution in [0.15, 0.2) is 24.3 Å². The summed E-state index contributed by atoms with van der Waals surface area (Å²) in [6.45, 7) is 1.44. The molecule has 15 heavy (non-hydrogen) atoms. The van der Waals surface area contributed by atoms with Crippen LogP contribution >= 0.6 is 0 Å². The maximum atomic E-state index is 13.0. The van der Waals surface area contributed by atoms with Crippen LogP contribution < -0.4 is 5.73 Å². The first kappa shape index (κ1) is 10.6. The summed E-state index contributed by atoms with van der Waals surface area (Å²) in [6.07, 6.45) is 1.71. The lowest BCUT2D eigenvalue weighted by Gasteiger charge is -2.28. The largest absolute Gasteiger partial charge is 0.381 e. The second-order valence-corrected chi connectivity index (χ2v) is 4.12. The van der Waals surface area contributed by atoms with E-state index in [1.165, 1.54) is 6.07 Å². The monoisotopic (exact) mass is 209 g/mol. The molecule has 0 spiro atoms. The number of rotatable bonds is 2. The van der Waals surface area contributed by atoms with Crippen LogP contribution in [0.4, 0.5) is 4.39 Å². The molecule has 1 aromatic rings. The molecular weight excluding hydrogens is 193 g/mol. The van der Waals surface area contributed by atoms with Gasteiger partial charge in [-0.15, -0.1) is 0 Å². The zero-order valence-corrected chi connectivity index (χ0v) is 8.66. The Hall–Kier alpha value is -0.930. The van der Waals surface area contributed by atoms with Gasteiger partial charge in [-0.2, -0.15) is 0 Å². The molecule has 0 unspecified atom stereocenters. The van der Waals surface area contributed by atoms with Gasteiger partial charge in [-0.05, 0) is 30.5 Å². The van der Waals surface area contributed by atoms with E-state index in [1.807, 2.05) is 6.07 Å². The molecular formula is C12H16FNO. The highest BCUT2D eigenvalue weighted by molar-refractivity contribution is 5.17. The van der Waals surface area contributed by atoms with E-state index >= 15 is 0 Å². The first-order chi connectivity index (χ1) is 7.25. The predicted octanol–water partition coefficient (Wildman–Crippen LogP) is 1.73. The van der Waals surface area contributed by atoms with Crippen molar-refractivity contribution in [3.05, 3.63) is 35.6 Å². The second-order valence-electron chi connectivity index (χ2n) is 4.12. The quantitative estimate of drug-likeness (QED) is 0.805. The van der Waals surface area contributed by atoms with Gasteiger partial charge in [-0.25, -0.2) is 4.39 Å². The summed E-state index contributed by atoms with van der Waals surface area (Å²) in [5, 5.41) is 0. The van der Waals surface area contributed by atoms with Crippen LogP contribution in [0.5, 0.6) is 0 Å². The molecule has 1 heterocycles. The first-order valence-electron chi connectivity index (χ1n) is 5.33. The van der Waals surface area contributed by atoms with Gasteiger partial charge in [0.25, 0.3) is 0 Å². The van der Waals surface area contributed by atoms with Crippen molar-refractivity contribution in [3.8, 4) is 0 Å². The number of ether oxygens (including phenoxy) is 1. The number of nitrogens with two attached hydrogens (primary N) is 1. The molecule has 0 saturated carbocycles. The van der Waals surface area contributed by atoms with Gasteiger partial charge in [0.15, 0.2) is 0 Å². The van der Waals surface area contributed by atoms with Gasteiger partial charge in [0.05, 0.1) is 6.61 Å². The van der Waals surface area contributed by atoms with Gasteiger partial charge < -0.3 is 10.5 Å². The number of halogens is 1. The first-order valence-corrected chi connectivity index (χ1v) is 5.33. The van der Waals surface area contributed by atoms with E-state index in [-0.39, 0.29) is 11.9 Å². The Bertz CT molecular complexity index is 329. The summed E-state index contributed by atoms with van der Waals surface area (Å²) in [6, 6.07) is 6.88. The number of hydrogen-bond acceptors (Lipinski definition) is 2. The summed E-state index contributed by atoms with van der Waals surface area (Å²) in [5.74, 6) is 0.137. The van der Waals surface area contributed by atoms with Crippen molar-refractivity contribution in [2.24, 2.45) is 11.7 Å². The van der Waals surface area contributed by atoms with Crippen LogP contribution in [0.3, 0.4) is 0 Å². The lowest BCUT2D eigenvalue weighted by Crippen LogP contribution is -2.39. The highest BCUT2D eigenvalue weighted by Crippen LogP contribution is 2.18.